The Hall–Kier alpha value is -3.01. The number of ether oxygens (including phenoxy) is 2. The van der Waals surface area contributed by atoms with Crippen LogP contribution in [0.2, 0.25) is 0 Å². The molecular formula is C23H23F3N4O4S. The highest BCUT2D eigenvalue weighted by Crippen LogP contribution is 2.39. The monoisotopic (exact) mass is 508 g/mol. The minimum absolute atomic E-state index is 0.0225. The van der Waals surface area contributed by atoms with Crippen molar-refractivity contribution in [2.75, 3.05) is 26.1 Å². The van der Waals surface area contributed by atoms with Gasteiger partial charge < -0.3 is 14.0 Å². The molecule has 3 aromatic rings. The van der Waals surface area contributed by atoms with E-state index in [1.54, 1.807) is 17.0 Å². The minimum Gasteiger partial charge on any atom is -0.493 e. The Labute approximate surface area is 202 Å². The molecule has 186 valence electrons. The standard InChI is InChI=1S/C23H23F3N4O4S/c1-35(31)34-10-4-9-32-20-7-6-15(11-16(20)23(24,25)26)17-12-19-22(18(13-27)29-17)28-14-30(19)21-5-2-3-8-33-21/h6-7,11-12,14,21H,2-5,8-10H2,1H3. The van der Waals surface area contributed by atoms with Crippen molar-refractivity contribution in [3.8, 4) is 23.1 Å². The average molecular weight is 509 g/mol. The van der Waals surface area contributed by atoms with Crippen LogP contribution in [0.3, 0.4) is 0 Å². The molecule has 0 N–H and O–H groups in total. The Morgan fingerprint density at radius 2 is 2.11 bits per heavy atom. The number of hydrogen-bond donors (Lipinski definition) is 0. The summed E-state index contributed by atoms with van der Waals surface area (Å²) in [7, 11) is 0. The van der Waals surface area contributed by atoms with E-state index in [1.165, 1.54) is 18.4 Å². The molecule has 1 fully saturated rings. The number of halogens is 3. The highest BCUT2D eigenvalue weighted by molar-refractivity contribution is 7.79. The summed E-state index contributed by atoms with van der Waals surface area (Å²) in [6.07, 6.45) is 0.982. The molecule has 4 rings (SSSR count). The fourth-order valence-electron chi connectivity index (χ4n) is 3.88. The van der Waals surface area contributed by atoms with E-state index in [-0.39, 0.29) is 48.6 Å². The molecule has 35 heavy (non-hydrogen) atoms. The van der Waals surface area contributed by atoms with E-state index in [0.29, 0.717) is 17.6 Å². The summed E-state index contributed by atoms with van der Waals surface area (Å²) < 4.78 is 70.3. The smallest absolute Gasteiger partial charge is 0.419 e. The van der Waals surface area contributed by atoms with Gasteiger partial charge in [-0.05, 0) is 43.5 Å². The third kappa shape index (κ3) is 5.80. The van der Waals surface area contributed by atoms with Crippen molar-refractivity contribution in [2.45, 2.75) is 38.1 Å². The quantitative estimate of drug-likeness (QED) is 0.404. The maximum absolute atomic E-state index is 13.8. The highest BCUT2D eigenvalue weighted by Gasteiger charge is 2.35. The normalized spacial score (nSPS) is 17.3. The van der Waals surface area contributed by atoms with Gasteiger partial charge in [0.25, 0.3) is 0 Å². The topological polar surface area (TPSA) is 99.3 Å². The van der Waals surface area contributed by atoms with Crippen molar-refractivity contribution in [2.24, 2.45) is 0 Å². The number of benzene rings is 1. The van der Waals surface area contributed by atoms with Crippen molar-refractivity contribution in [1.82, 2.24) is 14.5 Å². The molecule has 1 aliphatic heterocycles. The fourth-order valence-corrected chi connectivity index (χ4v) is 4.24. The lowest BCUT2D eigenvalue weighted by atomic mass is 10.0. The van der Waals surface area contributed by atoms with Crippen LogP contribution in [0, 0.1) is 11.3 Å². The maximum Gasteiger partial charge on any atom is 0.419 e. The summed E-state index contributed by atoms with van der Waals surface area (Å²) in [5.41, 5.74) is 0.402. The first-order valence-corrected chi connectivity index (χ1v) is 12.5. The van der Waals surface area contributed by atoms with Crippen LogP contribution < -0.4 is 4.74 Å². The van der Waals surface area contributed by atoms with Crippen molar-refractivity contribution >= 4 is 22.1 Å². The van der Waals surface area contributed by atoms with Gasteiger partial charge in [-0.25, -0.2) is 14.2 Å². The predicted molar refractivity (Wildman–Crippen MR) is 122 cm³/mol. The van der Waals surface area contributed by atoms with Gasteiger partial charge in [-0.2, -0.15) is 18.4 Å². The Kier molecular flexibility index (Phi) is 7.69. The van der Waals surface area contributed by atoms with Gasteiger partial charge in [0.1, 0.15) is 23.6 Å². The van der Waals surface area contributed by atoms with Gasteiger partial charge in [0.05, 0.1) is 36.3 Å². The Bertz CT molecular complexity index is 1270. The summed E-state index contributed by atoms with van der Waals surface area (Å²) in [5, 5.41) is 9.61. The summed E-state index contributed by atoms with van der Waals surface area (Å²) in [4.78, 5) is 8.57. The first-order chi connectivity index (χ1) is 16.8. The molecule has 1 aromatic carbocycles. The third-order valence-electron chi connectivity index (χ3n) is 5.51. The van der Waals surface area contributed by atoms with Crippen LogP contribution in [0.1, 0.15) is 43.2 Å². The van der Waals surface area contributed by atoms with Gasteiger partial charge in [-0.15, -0.1) is 0 Å². The number of pyridine rings is 1. The number of imidazole rings is 1. The lowest BCUT2D eigenvalue weighted by molar-refractivity contribution is -0.138. The van der Waals surface area contributed by atoms with Crippen LogP contribution >= 0.6 is 0 Å². The van der Waals surface area contributed by atoms with Crippen molar-refractivity contribution in [3.05, 3.63) is 41.9 Å². The predicted octanol–water partition coefficient (Wildman–Crippen LogP) is 4.77. The molecule has 1 aliphatic rings. The van der Waals surface area contributed by atoms with E-state index in [2.05, 4.69) is 9.97 Å². The molecule has 2 aromatic heterocycles. The summed E-state index contributed by atoms with van der Waals surface area (Å²) >= 11 is -1.45. The van der Waals surface area contributed by atoms with Crippen LogP contribution in [0.5, 0.6) is 5.75 Å². The number of rotatable bonds is 8. The summed E-state index contributed by atoms with van der Waals surface area (Å²) in [6, 6.07) is 7.28. The Balaban J connectivity index is 1.68. The molecule has 0 amide bonds. The van der Waals surface area contributed by atoms with Gasteiger partial charge in [0, 0.05) is 24.8 Å². The van der Waals surface area contributed by atoms with E-state index in [1.807, 2.05) is 6.07 Å². The molecule has 3 heterocycles. The second kappa shape index (κ2) is 10.7. The third-order valence-corrected chi connectivity index (χ3v) is 6.01. The fraction of sp³-hybridized carbons (Fsp3) is 0.435. The zero-order valence-electron chi connectivity index (χ0n) is 18.9. The maximum atomic E-state index is 13.8. The SMILES string of the molecule is CS(=O)OCCCOc1ccc(-c2cc3c(ncn3C3CCCCO3)c(C#N)n2)cc1C(F)(F)F. The molecular weight excluding hydrogens is 485 g/mol. The van der Waals surface area contributed by atoms with E-state index in [9.17, 15) is 22.6 Å². The first-order valence-electron chi connectivity index (χ1n) is 11.0. The van der Waals surface area contributed by atoms with Crippen LogP contribution in [-0.2, 0) is 26.2 Å². The van der Waals surface area contributed by atoms with E-state index < -0.39 is 22.8 Å². The second-order valence-electron chi connectivity index (χ2n) is 7.94. The van der Waals surface area contributed by atoms with Gasteiger partial charge in [-0.3, -0.25) is 4.18 Å². The van der Waals surface area contributed by atoms with E-state index >= 15 is 0 Å². The lowest BCUT2D eigenvalue weighted by Crippen LogP contribution is -2.17. The number of alkyl halides is 3. The number of fused-ring (bicyclic) bond motifs is 1. The molecule has 0 aliphatic carbocycles. The number of hydrogen-bond acceptors (Lipinski definition) is 7. The molecule has 0 radical (unpaired) electrons. The zero-order chi connectivity index (χ0) is 25.0. The number of nitriles is 1. The largest absolute Gasteiger partial charge is 0.493 e. The molecule has 8 nitrogen and oxygen atoms in total. The number of aromatic nitrogens is 3. The van der Waals surface area contributed by atoms with Crippen molar-refractivity contribution in [1.29, 1.82) is 5.26 Å². The highest BCUT2D eigenvalue weighted by atomic mass is 32.2. The number of nitrogens with zero attached hydrogens (tertiary/aromatic N) is 4. The van der Waals surface area contributed by atoms with E-state index in [0.717, 1.165) is 25.3 Å². The summed E-state index contributed by atoms with van der Waals surface area (Å²) in [5.74, 6) is -0.332. The molecule has 0 spiro atoms. The molecule has 12 heteroatoms. The van der Waals surface area contributed by atoms with Crippen LogP contribution in [-0.4, -0.2) is 44.8 Å². The zero-order valence-corrected chi connectivity index (χ0v) is 19.7. The van der Waals surface area contributed by atoms with E-state index in [4.69, 9.17) is 13.7 Å². The van der Waals surface area contributed by atoms with Crippen molar-refractivity contribution < 1.29 is 31.0 Å². The summed E-state index contributed by atoms with van der Waals surface area (Å²) in [6.45, 7) is 0.664. The van der Waals surface area contributed by atoms with Crippen LogP contribution in [0.25, 0.3) is 22.3 Å². The molecule has 2 atom stereocenters. The van der Waals surface area contributed by atoms with Gasteiger partial charge in [-0.1, -0.05) is 0 Å². The van der Waals surface area contributed by atoms with Gasteiger partial charge in [0.15, 0.2) is 16.8 Å². The Morgan fingerprint density at radius 3 is 2.80 bits per heavy atom. The Morgan fingerprint density at radius 1 is 1.29 bits per heavy atom. The van der Waals surface area contributed by atoms with Gasteiger partial charge >= 0.3 is 6.18 Å². The lowest BCUT2D eigenvalue weighted by Gasteiger charge is -2.24. The average Bonchev–Trinajstić information content (AvgIpc) is 3.27. The van der Waals surface area contributed by atoms with Crippen molar-refractivity contribution in [3.63, 3.8) is 0 Å². The van der Waals surface area contributed by atoms with Gasteiger partial charge in [0.2, 0.25) is 0 Å². The minimum atomic E-state index is -4.67. The van der Waals surface area contributed by atoms with Crippen LogP contribution in [0.15, 0.2) is 30.6 Å². The molecule has 2 unspecified atom stereocenters. The second-order valence-corrected chi connectivity index (χ2v) is 8.98. The molecule has 0 saturated carbocycles. The van der Waals surface area contributed by atoms with Crippen LogP contribution in [0.4, 0.5) is 13.2 Å². The molecule has 0 bridgehead atoms. The first kappa shape index (κ1) is 25.1. The molecule has 1 saturated heterocycles.